The zero-order valence-corrected chi connectivity index (χ0v) is 19.4. The number of benzene rings is 5. The molecule has 6 aromatic rings. The summed E-state index contributed by atoms with van der Waals surface area (Å²) in [6, 6.07) is 41.8. The highest BCUT2D eigenvalue weighted by Crippen LogP contribution is 2.29. The van der Waals surface area contributed by atoms with Gasteiger partial charge in [0.1, 0.15) is 0 Å². The van der Waals surface area contributed by atoms with Gasteiger partial charge in [-0.2, -0.15) is 0 Å². The van der Waals surface area contributed by atoms with E-state index in [9.17, 15) is 0 Å². The lowest BCUT2D eigenvalue weighted by Gasteiger charge is -2.10. The van der Waals surface area contributed by atoms with Gasteiger partial charge in [0.05, 0.1) is 0 Å². The maximum absolute atomic E-state index is 4.86. The molecule has 166 valence electrons. The normalized spacial score (nSPS) is 11.0. The highest BCUT2D eigenvalue weighted by Gasteiger charge is 2.12. The highest BCUT2D eigenvalue weighted by molar-refractivity contribution is 5.90. The van der Waals surface area contributed by atoms with Crippen LogP contribution in [0.25, 0.3) is 56.1 Å². The van der Waals surface area contributed by atoms with Gasteiger partial charge in [0.2, 0.25) is 0 Å². The van der Waals surface area contributed by atoms with Crippen molar-refractivity contribution in [1.82, 2.24) is 15.0 Å². The molecule has 0 bridgehead atoms. The number of aryl methyl sites for hydroxylation is 1. The molecule has 6 rings (SSSR count). The molecule has 0 atom stereocenters. The lowest BCUT2D eigenvalue weighted by atomic mass is 9.99. The first-order valence-electron chi connectivity index (χ1n) is 11.7. The van der Waals surface area contributed by atoms with Gasteiger partial charge in [-0.25, -0.2) is 15.0 Å². The summed E-state index contributed by atoms with van der Waals surface area (Å²) in [5.74, 6) is 2.01. The van der Waals surface area contributed by atoms with Crippen LogP contribution in [0, 0.1) is 6.92 Å². The van der Waals surface area contributed by atoms with Gasteiger partial charge in [0.25, 0.3) is 0 Å². The van der Waals surface area contributed by atoms with Crippen LogP contribution in [-0.4, -0.2) is 15.0 Å². The second-order valence-electron chi connectivity index (χ2n) is 8.68. The lowest BCUT2D eigenvalue weighted by Crippen LogP contribution is -2.00. The van der Waals surface area contributed by atoms with Crippen LogP contribution in [-0.2, 0) is 0 Å². The van der Waals surface area contributed by atoms with Crippen LogP contribution in [0.5, 0.6) is 0 Å². The largest absolute Gasteiger partial charge is 0.208 e. The van der Waals surface area contributed by atoms with Gasteiger partial charge in [-0.15, -0.1) is 0 Å². The Morgan fingerprint density at radius 3 is 1.34 bits per heavy atom. The van der Waals surface area contributed by atoms with Crippen molar-refractivity contribution < 1.29 is 0 Å². The summed E-state index contributed by atoms with van der Waals surface area (Å²) in [5, 5.41) is 2.34. The number of nitrogens with zero attached hydrogens (tertiary/aromatic N) is 3. The molecule has 5 aromatic carbocycles. The van der Waals surface area contributed by atoms with E-state index in [1.54, 1.807) is 0 Å². The van der Waals surface area contributed by atoms with Crippen LogP contribution < -0.4 is 0 Å². The number of rotatable bonds is 4. The molecule has 0 spiro atoms. The average Bonchev–Trinajstić information content (AvgIpc) is 2.93. The van der Waals surface area contributed by atoms with Crippen molar-refractivity contribution >= 4 is 10.8 Å². The van der Waals surface area contributed by atoms with Crippen molar-refractivity contribution in [2.75, 3.05) is 0 Å². The third-order valence-corrected chi connectivity index (χ3v) is 6.18. The second-order valence-corrected chi connectivity index (χ2v) is 8.68. The van der Waals surface area contributed by atoms with Crippen LogP contribution in [0.4, 0.5) is 0 Å². The molecule has 0 unspecified atom stereocenters. The molecule has 0 fully saturated rings. The van der Waals surface area contributed by atoms with E-state index < -0.39 is 0 Å². The van der Waals surface area contributed by atoms with E-state index in [2.05, 4.69) is 67.6 Å². The Balaban J connectivity index is 1.45. The monoisotopic (exact) mass is 449 g/mol. The Bertz CT molecular complexity index is 1570. The van der Waals surface area contributed by atoms with Crippen molar-refractivity contribution in [2.45, 2.75) is 6.92 Å². The Labute approximate surface area is 204 Å². The molecule has 1 aromatic heterocycles. The molecule has 3 nitrogen and oxygen atoms in total. The van der Waals surface area contributed by atoms with Crippen LogP contribution >= 0.6 is 0 Å². The summed E-state index contributed by atoms with van der Waals surface area (Å²) >= 11 is 0. The topological polar surface area (TPSA) is 38.7 Å². The summed E-state index contributed by atoms with van der Waals surface area (Å²) in [7, 11) is 0. The van der Waals surface area contributed by atoms with Gasteiger partial charge >= 0.3 is 0 Å². The van der Waals surface area contributed by atoms with Crippen LogP contribution in [0.15, 0.2) is 121 Å². The van der Waals surface area contributed by atoms with E-state index in [0.29, 0.717) is 17.5 Å². The summed E-state index contributed by atoms with van der Waals surface area (Å²) in [5.41, 5.74) is 6.61. The second kappa shape index (κ2) is 8.96. The molecule has 0 radical (unpaired) electrons. The summed E-state index contributed by atoms with van der Waals surface area (Å²) < 4.78 is 0. The zero-order chi connectivity index (χ0) is 23.6. The van der Waals surface area contributed by atoms with Crippen molar-refractivity contribution in [3.8, 4) is 45.3 Å². The third-order valence-electron chi connectivity index (χ3n) is 6.18. The third kappa shape index (κ3) is 4.32. The molecule has 0 saturated heterocycles. The Kier molecular flexibility index (Phi) is 5.36. The van der Waals surface area contributed by atoms with Crippen LogP contribution in [0.3, 0.4) is 0 Å². The number of hydrogen-bond acceptors (Lipinski definition) is 3. The van der Waals surface area contributed by atoms with E-state index in [-0.39, 0.29) is 0 Å². The van der Waals surface area contributed by atoms with E-state index in [1.807, 2.05) is 60.7 Å². The smallest absolute Gasteiger partial charge is 0.164 e. The molecule has 0 saturated carbocycles. The minimum atomic E-state index is 0.669. The van der Waals surface area contributed by atoms with E-state index in [0.717, 1.165) is 22.1 Å². The highest BCUT2D eigenvalue weighted by atomic mass is 15.0. The molecule has 0 aliphatic rings. The van der Waals surface area contributed by atoms with E-state index in [1.165, 1.54) is 22.1 Å². The minimum absolute atomic E-state index is 0.669. The van der Waals surface area contributed by atoms with Gasteiger partial charge in [-0.1, -0.05) is 115 Å². The van der Waals surface area contributed by atoms with Gasteiger partial charge in [-0.05, 0) is 41.0 Å². The molecule has 0 amide bonds. The number of aromatic nitrogens is 3. The van der Waals surface area contributed by atoms with E-state index in [4.69, 9.17) is 15.0 Å². The molecule has 1 heterocycles. The van der Waals surface area contributed by atoms with Crippen molar-refractivity contribution in [2.24, 2.45) is 0 Å². The summed E-state index contributed by atoms with van der Waals surface area (Å²) in [4.78, 5) is 14.5. The molecular weight excluding hydrogens is 426 g/mol. The first-order chi connectivity index (χ1) is 17.2. The van der Waals surface area contributed by atoms with Crippen molar-refractivity contribution in [1.29, 1.82) is 0 Å². The zero-order valence-electron chi connectivity index (χ0n) is 19.4. The maximum atomic E-state index is 4.86. The standard InChI is InChI=1S/C32H23N3/c1-22-12-14-23(15-13-22)26-16-17-28-21-29(19-18-27(28)20-26)32-34-30(24-8-4-2-5-9-24)33-31(35-32)25-10-6-3-7-11-25/h2-21H,1H3. The minimum Gasteiger partial charge on any atom is -0.208 e. The fourth-order valence-electron chi connectivity index (χ4n) is 4.25. The fourth-order valence-corrected chi connectivity index (χ4v) is 4.25. The van der Waals surface area contributed by atoms with Gasteiger partial charge in [0.15, 0.2) is 17.5 Å². The number of hydrogen-bond donors (Lipinski definition) is 0. The predicted octanol–water partition coefficient (Wildman–Crippen LogP) is 8.00. The molecular formula is C32H23N3. The molecule has 0 aliphatic heterocycles. The number of fused-ring (bicyclic) bond motifs is 1. The Morgan fingerprint density at radius 2 is 0.800 bits per heavy atom. The maximum Gasteiger partial charge on any atom is 0.164 e. The SMILES string of the molecule is Cc1ccc(-c2ccc3cc(-c4nc(-c5ccccc5)nc(-c5ccccc5)n4)ccc3c2)cc1. The van der Waals surface area contributed by atoms with Crippen LogP contribution in [0.1, 0.15) is 5.56 Å². The van der Waals surface area contributed by atoms with Crippen molar-refractivity contribution in [3.05, 3.63) is 127 Å². The molecule has 3 heteroatoms. The predicted molar refractivity (Wildman–Crippen MR) is 144 cm³/mol. The Morgan fingerprint density at radius 1 is 0.371 bits per heavy atom. The molecule has 0 aliphatic carbocycles. The van der Waals surface area contributed by atoms with Crippen LogP contribution in [0.2, 0.25) is 0 Å². The van der Waals surface area contributed by atoms with Gasteiger partial charge < -0.3 is 0 Å². The fraction of sp³-hybridized carbons (Fsp3) is 0.0312. The quantitative estimate of drug-likeness (QED) is 0.274. The lowest BCUT2D eigenvalue weighted by molar-refractivity contribution is 1.07. The van der Waals surface area contributed by atoms with Crippen molar-refractivity contribution in [3.63, 3.8) is 0 Å². The summed E-state index contributed by atoms with van der Waals surface area (Å²) in [6.07, 6.45) is 0. The molecule has 0 N–H and O–H groups in total. The Hall–Kier alpha value is -4.63. The first-order valence-corrected chi connectivity index (χ1v) is 11.7. The average molecular weight is 450 g/mol. The first kappa shape index (κ1) is 20.9. The molecule has 35 heavy (non-hydrogen) atoms. The van der Waals surface area contributed by atoms with E-state index >= 15 is 0 Å². The van der Waals surface area contributed by atoms with Gasteiger partial charge in [0, 0.05) is 16.7 Å². The summed E-state index contributed by atoms with van der Waals surface area (Å²) in [6.45, 7) is 2.11. The van der Waals surface area contributed by atoms with Gasteiger partial charge in [-0.3, -0.25) is 0 Å².